The fourth-order valence-corrected chi connectivity index (χ4v) is 3.25. The monoisotopic (exact) mass is 303 g/mol. The first kappa shape index (κ1) is 15.7. The molecule has 0 bridgehead atoms. The van der Waals surface area contributed by atoms with Crippen LogP contribution in [0.2, 0.25) is 0 Å². The second kappa shape index (κ2) is 6.82. The van der Waals surface area contributed by atoms with Gasteiger partial charge in [-0.25, -0.2) is 0 Å². The molecule has 4 heteroatoms. The largest absolute Gasteiger partial charge is 0.429 e. The quantitative estimate of drug-likeness (QED) is 0.752. The van der Waals surface area contributed by atoms with E-state index in [0.717, 1.165) is 18.5 Å². The van der Waals surface area contributed by atoms with Crippen LogP contribution in [0, 0.1) is 0 Å². The van der Waals surface area contributed by atoms with E-state index in [4.69, 9.17) is 4.52 Å². The number of nitrogens with one attached hydrogen (secondary N) is 1. The van der Waals surface area contributed by atoms with Gasteiger partial charge in [-0.15, -0.1) is 0 Å². The number of rotatable bonds is 6. The SMILES string of the molecule is CCc1ccc(N[P@@](C)(=O)Oc2ccc(CC)cc2)cc1. The molecule has 2 aromatic rings. The van der Waals surface area contributed by atoms with E-state index in [1.807, 2.05) is 48.5 Å². The average molecular weight is 303 g/mol. The maximum absolute atomic E-state index is 12.5. The molecule has 3 nitrogen and oxygen atoms in total. The highest BCUT2D eigenvalue weighted by Gasteiger charge is 2.17. The highest BCUT2D eigenvalue weighted by molar-refractivity contribution is 7.60. The number of hydrogen-bond donors (Lipinski definition) is 1. The van der Waals surface area contributed by atoms with Crippen molar-refractivity contribution >= 4 is 13.2 Å². The van der Waals surface area contributed by atoms with Gasteiger partial charge in [0.05, 0.1) is 0 Å². The minimum absolute atomic E-state index is 0.621. The van der Waals surface area contributed by atoms with E-state index < -0.39 is 7.52 Å². The number of aryl methyl sites for hydroxylation is 2. The highest BCUT2D eigenvalue weighted by Crippen LogP contribution is 2.43. The molecule has 112 valence electrons. The molecular weight excluding hydrogens is 281 g/mol. The summed E-state index contributed by atoms with van der Waals surface area (Å²) in [7, 11) is -2.93. The molecule has 0 aliphatic rings. The van der Waals surface area contributed by atoms with Gasteiger partial charge >= 0.3 is 7.52 Å². The summed E-state index contributed by atoms with van der Waals surface area (Å²) in [4.78, 5) is 0. The van der Waals surface area contributed by atoms with E-state index in [1.54, 1.807) is 6.66 Å². The van der Waals surface area contributed by atoms with Crippen molar-refractivity contribution in [2.75, 3.05) is 11.8 Å². The van der Waals surface area contributed by atoms with Crippen molar-refractivity contribution in [3.05, 3.63) is 59.7 Å². The molecule has 0 fully saturated rings. The maximum atomic E-state index is 12.5. The van der Waals surface area contributed by atoms with Gasteiger partial charge in [-0.2, -0.15) is 0 Å². The van der Waals surface area contributed by atoms with Crippen LogP contribution >= 0.6 is 7.52 Å². The lowest BCUT2D eigenvalue weighted by molar-refractivity contribution is 0.493. The first-order valence-electron chi connectivity index (χ1n) is 7.25. The molecule has 0 spiro atoms. The standard InChI is InChI=1S/C17H22NO2P/c1-4-14-6-10-16(11-7-14)18-21(3,19)20-17-12-8-15(5-2)9-13-17/h6-13H,4-5H2,1-3H3,(H,18,19)/t21-/m0/s1. The molecule has 21 heavy (non-hydrogen) atoms. The summed E-state index contributed by atoms with van der Waals surface area (Å²) >= 11 is 0. The molecule has 0 saturated heterocycles. The Hall–Kier alpha value is -1.73. The Morgan fingerprint density at radius 1 is 0.905 bits per heavy atom. The van der Waals surface area contributed by atoms with Crippen molar-refractivity contribution in [3.8, 4) is 5.75 Å². The molecule has 1 N–H and O–H groups in total. The van der Waals surface area contributed by atoms with E-state index in [0.29, 0.717) is 5.75 Å². The summed E-state index contributed by atoms with van der Waals surface area (Å²) in [5.41, 5.74) is 3.29. The molecule has 0 saturated carbocycles. The first-order chi connectivity index (χ1) is 10.0. The summed E-state index contributed by atoms with van der Waals surface area (Å²) in [5, 5.41) is 2.98. The molecule has 1 atom stereocenters. The van der Waals surface area contributed by atoms with Crippen LogP contribution in [0.4, 0.5) is 5.69 Å². The number of anilines is 1. The van der Waals surface area contributed by atoms with E-state index in [1.165, 1.54) is 11.1 Å². The summed E-state index contributed by atoms with van der Waals surface area (Å²) in [5.74, 6) is 0.621. The third-order valence-corrected chi connectivity index (χ3v) is 4.53. The minimum Gasteiger partial charge on any atom is -0.429 e. The van der Waals surface area contributed by atoms with Crippen LogP contribution in [0.15, 0.2) is 48.5 Å². The lowest BCUT2D eigenvalue weighted by Gasteiger charge is -2.17. The zero-order valence-corrected chi connectivity index (χ0v) is 13.7. The van der Waals surface area contributed by atoms with Crippen LogP contribution in [0.5, 0.6) is 5.75 Å². The molecule has 0 aromatic heterocycles. The summed E-state index contributed by atoms with van der Waals surface area (Å²) in [6.45, 7) is 5.80. The van der Waals surface area contributed by atoms with E-state index in [9.17, 15) is 4.57 Å². The zero-order valence-electron chi connectivity index (χ0n) is 12.8. The van der Waals surface area contributed by atoms with Gasteiger partial charge in [0, 0.05) is 12.4 Å². The Morgan fingerprint density at radius 3 is 1.86 bits per heavy atom. The minimum atomic E-state index is -2.93. The predicted octanol–water partition coefficient (Wildman–Crippen LogP) is 5.13. The summed E-state index contributed by atoms with van der Waals surface area (Å²) in [6.07, 6.45) is 1.97. The van der Waals surface area contributed by atoms with Crippen molar-refractivity contribution in [3.63, 3.8) is 0 Å². The normalized spacial score (nSPS) is 13.5. The molecule has 2 rings (SSSR count). The summed E-state index contributed by atoms with van der Waals surface area (Å²) in [6, 6.07) is 15.6. The van der Waals surface area contributed by atoms with Gasteiger partial charge < -0.3 is 9.61 Å². The maximum Gasteiger partial charge on any atom is 0.338 e. The first-order valence-corrected chi connectivity index (χ1v) is 9.33. The molecule has 0 unspecified atom stereocenters. The van der Waals surface area contributed by atoms with Crippen molar-refractivity contribution in [1.29, 1.82) is 0 Å². The Labute approximate surface area is 126 Å². The number of benzene rings is 2. The van der Waals surface area contributed by atoms with Gasteiger partial charge in [0.1, 0.15) is 5.75 Å². The lowest BCUT2D eigenvalue weighted by Crippen LogP contribution is -2.02. The van der Waals surface area contributed by atoms with Crippen LogP contribution in [-0.2, 0) is 17.4 Å². The lowest BCUT2D eigenvalue weighted by atomic mass is 10.2. The van der Waals surface area contributed by atoms with Gasteiger partial charge in [0.15, 0.2) is 0 Å². The van der Waals surface area contributed by atoms with Crippen molar-refractivity contribution < 1.29 is 9.09 Å². The van der Waals surface area contributed by atoms with Crippen LogP contribution in [-0.4, -0.2) is 6.66 Å². The fourth-order valence-electron chi connectivity index (χ4n) is 2.06. The zero-order chi connectivity index (χ0) is 15.3. The van der Waals surface area contributed by atoms with E-state index >= 15 is 0 Å². The molecule has 0 amide bonds. The molecule has 0 radical (unpaired) electrons. The third kappa shape index (κ3) is 4.64. The Bertz CT molecular complexity index is 567. The van der Waals surface area contributed by atoms with Crippen LogP contribution in [0.3, 0.4) is 0 Å². The van der Waals surface area contributed by atoms with E-state index in [2.05, 4.69) is 18.9 Å². The molecule has 0 aliphatic heterocycles. The molecular formula is C17H22NO2P. The third-order valence-electron chi connectivity index (χ3n) is 3.31. The number of hydrogen-bond acceptors (Lipinski definition) is 2. The van der Waals surface area contributed by atoms with Crippen LogP contribution < -0.4 is 9.61 Å². The van der Waals surface area contributed by atoms with Gasteiger partial charge in [-0.3, -0.25) is 4.57 Å². The Balaban J connectivity index is 2.04. The van der Waals surface area contributed by atoms with Crippen molar-refractivity contribution in [2.24, 2.45) is 0 Å². The molecule has 2 aromatic carbocycles. The second-order valence-electron chi connectivity index (χ2n) is 5.10. The second-order valence-corrected chi connectivity index (χ2v) is 7.19. The predicted molar refractivity (Wildman–Crippen MR) is 89.4 cm³/mol. The van der Waals surface area contributed by atoms with Gasteiger partial charge in [-0.1, -0.05) is 38.1 Å². The smallest absolute Gasteiger partial charge is 0.338 e. The van der Waals surface area contributed by atoms with Crippen LogP contribution in [0.1, 0.15) is 25.0 Å². The topological polar surface area (TPSA) is 38.3 Å². The van der Waals surface area contributed by atoms with E-state index in [-0.39, 0.29) is 0 Å². The molecule has 0 aliphatic carbocycles. The Morgan fingerprint density at radius 2 is 1.38 bits per heavy atom. The van der Waals surface area contributed by atoms with Gasteiger partial charge in [0.25, 0.3) is 0 Å². The molecule has 0 heterocycles. The fraction of sp³-hybridized carbons (Fsp3) is 0.294. The van der Waals surface area contributed by atoms with Gasteiger partial charge in [-0.05, 0) is 48.2 Å². The van der Waals surface area contributed by atoms with Crippen molar-refractivity contribution in [2.45, 2.75) is 26.7 Å². The van der Waals surface area contributed by atoms with Crippen LogP contribution in [0.25, 0.3) is 0 Å². The Kier molecular flexibility index (Phi) is 5.08. The van der Waals surface area contributed by atoms with Gasteiger partial charge in [0.2, 0.25) is 0 Å². The summed E-state index contributed by atoms with van der Waals surface area (Å²) < 4.78 is 18.1. The highest BCUT2D eigenvalue weighted by atomic mass is 31.2. The van der Waals surface area contributed by atoms with Crippen molar-refractivity contribution in [1.82, 2.24) is 0 Å². The average Bonchev–Trinajstić information content (AvgIpc) is 2.48.